The van der Waals surface area contributed by atoms with E-state index in [4.69, 9.17) is 5.73 Å². The van der Waals surface area contributed by atoms with Crippen molar-refractivity contribution in [2.45, 2.75) is 31.7 Å². The number of nitrogens with two attached hydrogens (primary N) is 1. The maximum atomic E-state index is 6.05. The number of benzene rings is 1. The highest BCUT2D eigenvalue weighted by Crippen LogP contribution is 2.27. The van der Waals surface area contributed by atoms with Crippen molar-refractivity contribution in [3.63, 3.8) is 0 Å². The van der Waals surface area contributed by atoms with Crippen LogP contribution in [0.15, 0.2) is 41.4 Å². The topological polar surface area (TPSA) is 50.9 Å². The second kappa shape index (κ2) is 7.48. The van der Waals surface area contributed by atoms with Gasteiger partial charge in [-0.2, -0.15) is 0 Å². The van der Waals surface area contributed by atoms with Gasteiger partial charge in [-0.15, -0.1) is 11.8 Å². The first kappa shape index (κ1) is 15.9. The molecule has 21 heavy (non-hydrogen) atoms. The molecule has 4 heteroatoms. The Kier molecular flexibility index (Phi) is 5.65. The van der Waals surface area contributed by atoms with Gasteiger partial charge in [-0.25, -0.2) is 4.98 Å². The summed E-state index contributed by atoms with van der Waals surface area (Å²) in [5.41, 5.74) is 9.58. The Morgan fingerprint density at radius 1 is 1.24 bits per heavy atom. The van der Waals surface area contributed by atoms with Crippen molar-refractivity contribution in [1.29, 1.82) is 0 Å². The first-order valence-corrected chi connectivity index (χ1v) is 8.23. The number of thioether (sulfide) groups is 1. The van der Waals surface area contributed by atoms with Crippen molar-refractivity contribution in [2.75, 3.05) is 18.0 Å². The minimum absolute atomic E-state index is 0.216. The summed E-state index contributed by atoms with van der Waals surface area (Å²) in [5, 5.41) is 3.51. The lowest BCUT2D eigenvalue weighted by molar-refractivity contribution is 0.605. The molecule has 2 rings (SSSR count). The van der Waals surface area contributed by atoms with Crippen LogP contribution in [0.1, 0.15) is 29.7 Å². The van der Waals surface area contributed by atoms with Gasteiger partial charge in [0.2, 0.25) is 0 Å². The number of nitrogens with one attached hydrogen (secondary N) is 1. The highest BCUT2D eigenvalue weighted by atomic mass is 32.2. The fourth-order valence-electron chi connectivity index (χ4n) is 2.27. The maximum Gasteiger partial charge on any atom is 0.128 e. The van der Waals surface area contributed by atoms with Gasteiger partial charge in [0.15, 0.2) is 0 Å². The molecule has 3 N–H and O–H groups in total. The van der Waals surface area contributed by atoms with Gasteiger partial charge in [-0.1, -0.05) is 24.6 Å². The lowest BCUT2D eigenvalue weighted by Gasteiger charge is -2.19. The SMILES string of the molecule is CCNC(CSc1cccc(C)c1)c1cc(C)cnc1N. The lowest BCUT2D eigenvalue weighted by atomic mass is 10.1. The van der Waals surface area contributed by atoms with Crippen molar-refractivity contribution in [1.82, 2.24) is 10.3 Å². The smallest absolute Gasteiger partial charge is 0.128 e. The molecule has 0 fully saturated rings. The van der Waals surface area contributed by atoms with Crippen molar-refractivity contribution >= 4 is 17.6 Å². The molecule has 1 aromatic heterocycles. The van der Waals surface area contributed by atoms with Crippen LogP contribution >= 0.6 is 11.8 Å². The summed E-state index contributed by atoms with van der Waals surface area (Å²) < 4.78 is 0. The average molecular weight is 301 g/mol. The molecule has 1 heterocycles. The number of aryl methyl sites for hydroxylation is 2. The van der Waals surface area contributed by atoms with Gasteiger partial charge in [-0.3, -0.25) is 0 Å². The Bertz CT molecular complexity index is 598. The quantitative estimate of drug-likeness (QED) is 0.798. The van der Waals surface area contributed by atoms with E-state index in [0.717, 1.165) is 23.4 Å². The Balaban J connectivity index is 2.13. The number of rotatable bonds is 6. The van der Waals surface area contributed by atoms with Crippen LogP contribution in [-0.2, 0) is 0 Å². The standard InChI is InChI=1S/C17H23N3S/c1-4-19-16(15-9-13(3)10-20-17(15)18)11-21-14-7-5-6-12(2)8-14/h5-10,16,19H,4,11H2,1-3H3,(H2,18,20). The normalized spacial score (nSPS) is 12.3. The van der Waals surface area contributed by atoms with Gasteiger partial charge in [0, 0.05) is 28.5 Å². The summed E-state index contributed by atoms with van der Waals surface area (Å²) >= 11 is 1.85. The first-order chi connectivity index (χ1) is 10.1. The third kappa shape index (κ3) is 4.48. The van der Waals surface area contributed by atoms with E-state index in [9.17, 15) is 0 Å². The van der Waals surface area contributed by atoms with Crippen LogP contribution in [-0.4, -0.2) is 17.3 Å². The molecule has 3 nitrogen and oxygen atoms in total. The highest BCUT2D eigenvalue weighted by molar-refractivity contribution is 7.99. The van der Waals surface area contributed by atoms with Gasteiger partial charge < -0.3 is 11.1 Å². The van der Waals surface area contributed by atoms with E-state index >= 15 is 0 Å². The summed E-state index contributed by atoms with van der Waals surface area (Å²) in [7, 11) is 0. The third-order valence-corrected chi connectivity index (χ3v) is 4.41. The summed E-state index contributed by atoms with van der Waals surface area (Å²) in [6.45, 7) is 7.19. The minimum atomic E-state index is 0.216. The van der Waals surface area contributed by atoms with Gasteiger partial charge in [0.25, 0.3) is 0 Å². The Hall–Kier alpha value is -1.52. The Labute approximate surface area is 131 Å². The Morgan fingerprint density at radius 2 is 2.05 bits per heavy atom. The zero-order chi connectivity index (χ0) is 15.2. The van der Waals surface area contributed by atoms with E-state index in [1.807, 2.05) is 24.9 Å². The minimum Gasteiger partial charge on any atom is -0.383 e. The third-order valence-electron chi connectivity index (χ3n) is 3.32. The van der Waals surface area contributed by atoms with Crippen molar-refractivity contribution in [3.05, 3.63) is 53.2 Å². The van der Waals surface area contributed by atoms with Crippen molar-refractivity contribution in [3.8, 4) is 0 Å². The van der Waals surface area contributed by atoms with Gasteiger partial charge in [0.05, 0.1) is 0 Å². The molecule has 112 valence electrons. The highest BCUT2D eigenvalue weighted by Gasteiger charge is 2.15. The molecule has 1 unspecified atom stereocenters. The predicted molar refractivity (Wildman–Crippen MR) is 91.7 cm³/mol. The van der Waals surface area contributed by atoms with Crippen LogP contribution in [0.5, 0.6) is 0 Å². The largest absolute Gasteiger partial charge is 0.383 e. The fourth-order valence-corrected chi connectivity index (χ4v) is 3.37. The molecule has 2 aromatic rings. The first-order valence-electron chi connectivity index (χ1n) is 7.25. The molecule has 1 aromatic carbocycles. The average Bonchev–Trinajstić information content (AvgIpc) is 2.46. The molecule has 0 amide bonds. The molecular weight excluding hydrogens is 278 g/mol. The van der Waals surface area contributed by atoms with Crippen LogP contribution in [0.4, 0.5) is 5.82 Å². The molecule has 0 aliphatic rings. The van der Waals surface area contributed by atoms with E-state index in [2.05, 4.69) is 54.5 Å². The number of anilines is 1. The number of nitrogen functional groups attached to an aromatic ring is 1. The van der Waals surface area contributed by atoms with E-state index in [1.54, 1.807) is 0 Å². The van der Waals surface area contributed by atoms with Crippen LogP contribution in [0.2, 0.25) is 0 Å². The second-order valence-electron chi connectivity index (χ2n) is 5.22. The van der Waals surface area contributed by atoms with E-state index in [0.29, 0.717) is 5.82 Å². The fraction of sp³-hybridized carbons (Fsp3) is 0.353. The van der Waals surface area contributed by atoms with Crippen molar-refractivity contribution < 1.29 is 0 Å². The van der Waals surface area contributed by atoms with Crippen LogP contribution < -0.4 is 11.1 Å². The molecule has 0 saturated heterocycles. The van der Waals surface area contributed by atoms with Crippen LogP contribution in [0.25, 0.3) is 0 Å². The van der Waals surface area contributed by atoms with E-state index < -0.39 is 0 Å². The zero-order valence-corrected chi connectivity index (χ0v) is 13.7. The monoisotopic (exact) mass is 301 g/mol. The number of hydrogen-bond acceptors (Lipinski definition) is 4. The van der Waals surface area contributed by atoms with Gasteiger partial charge in [0.1, 0.15) is 5.82 Å². The van der Waals surface area contributed by atoms with Crippen molar-refractivity contribution in [2.24, 2.45) is 0 Å². The lowest BCUT2D eigenvalue weighted by Crippen LogP contribution is -2.24. The predicted octanol–water partition coefficient (Wildman–Crippen LogP) is 3.72. The summed E-state index contributed by atoms with van der Waals surface area (Å²) in [4.78, 5) is 5.57. The molecule has 0 aliphatic carbocycles. The van der Waals surface area contributed by atoms with E-state index in [1.165, 1.54) is 10.5 Å². The molecule has 0 saturated carbocycles. The van der Waals surface area contributed by atoms with E-state index in [-0.39, 0.29) is 6.04 Å². The molecular formula is C17H23N3S. The second-order valence-corrected chi connectivity index (χ2v) is 6.32. The van der Waals surface area contributed by atoms with Crippen LogP contribution in [0.3, 0.4) is 0 Å². The number of nitrogens with zero attached hydrogens (tertiary/aromatic N) is 1. The summed E-state index contributed by atoms with van der Waals surface area (Å²) in [5.74, 6) is 1.56. The summed E-state index contributed by atoms with van der Waals surface area (Å²) in [6.07, 6.45) is 1.82. The van der Waals surface area contributed by atoms with Gasteiger partial charge >= 0.3 is 0 Å². The number of pyridine rings is 1. The molecule has 0 aliphatic heterocycles. The molecule has 0 bridgehead atoms. The van der Waals surface area contributed by atoms with Gasteiger partial charge in [-0.05, 0) is 44.2 Å². The zero-order valence-electron chi connectivity index (χ0n) is 12.9. The number of aromatic nitrogens is 1. The van der Waals surface area contributed by atoms with Crippen LogP contribution in [0, 0.1) is 13.8 Å². The molecule has 1 atom stereocenters. The maximum absolute atomic E-state index is 6.05. The molecule has 0 spiro atoms. The molecule has 0 radical (unpaired) electrons. The Morgan fingerprint density at radius 3 is 2.76 bits per heavy atom. The summed E-state index contributed by atoms with van der Waals surface area (Å²) in [6, 6.07) is 10.9. The number of hydrogen-bond donors (Lipinski definition) is 2.